The first-order valence-corrected chi connectivity index (χ1v) is 5.23. The molecule has 3 N–H and O–H groups in total. The minimum Gasteiger partial charge on any atom is -0.352 e. The number of urea groups is 1. The molecule has 0 spiro atoms. The van der Waals surface area contributed by atoms with Crippen molar-refractivity contribution < 1.29 is 9.59 Å². The van der Waals surface area contributed by atoms with Crippen molar-refractivity contribution in [2.24, 2.45) is 5.73 Å². The summed E-state index contributed by atoms with van der Waals surface area (Å²) in [6.07, 6.45) is 1.13. The molecule has 1 aromatic heterocycles. The molecule has 0 aliphatic heterocycles. The molecule has 2 amide bonds. The van der Waals surface area contributed by atoms with Crippen LogP contribution in [-0.4, -0.2) is 11.8 Å². The summed E-state index contributed by atoms with van der Waals surface area (Å²) in [7, 11) is 0. The van der Waals surface area contributed by atoms with Crippen LogP contribution in [0.2, 0.25) is 0 Å². The van der Waals surface area contributed by atoms with E-state index in [-0.39, 0.29) is 11.8 Å². The first-order valence-electron chi connectivity index (χ1n) is 4.35. The summed E-state index contributed by atoms with van der Waals surface area (Å²) in [4.78, 5) is 22.9. The van der Waals surface area contributed by atoms with Gasteiger partial charge in [-0.25, -0.2) is 4.79 Å². The molecule has 0 unspecified atom stereocenters. The van der Waals surface area contributed by atoms with E-state index in [0.29, 0.717) is 12.8 Å². The van der Waals surface area contributed by atoms with Crippen molar-refractivity contribution in [1.82, 2.24) is 5.32 Å². The maximum absolute atomic E-state index is 11.4. The number of hydrogen-bond acceptors (Lipinski definition) is 3. The van der Waals surface area contributed by atoms with Crippen LogP contribution >= 0.6 is 11.3 Å². The molecule has 14 heavy (non-hydrogen) atoms. The molecule has 0 fully saturated rings. The van der Waals surface area contributed by atoms with Crippen molar-refractivity contribution in [3.8, 4) is 0 Å². The Kier molecular flexibility index (Phi) is 2.25. The van der Waals surface area contributed by atoms with Gasteiger partial charge in [0.05, 0.1) is 10.9 Å². The van der Waals surface area contributed by atoms with Crippen LogP contribution in [0.1, 0.15) is 34.1 Å². The molecule has 1 aliphatic rings. The zero-order valence-electron chi connectivity index (χ0n) is 7.45. The summed E-state index contributed by atoms with van der Waals surface area (Å²) in [6, 6.07) is 1.24. The maximum atomic E-state index is 11.4. The summed E-state index contributed by atoms with van der Waals surface area (Å²) in [6.45, 7) is 0. The third-order valence-corrected chi connectivity index (χ3v) is 3.27. The van der Waals surface area contributed by atoms with E-state index in [4.69, 9.17) is 5.73 Å². The Morgan fingerprint density at radius 2 is 2.43 bits per heavy atom. The minimum absolute atomic E-state index is 0.0913. The van der Waals surface area contributed by atoms with Gasteiger partial charge in [-0.2, -0.15) is 0 Å². The van der Waals surface area contributed by atoms with Gasteiger partial charge in [0.2, 0.25) is 0 Å². The molecule has 0 bridgehead atoms. The second kappa shape index (κ2) is 3.42. The number of fused-ring (bicyclic) bond motifs is 1. The fraction of sp³-hybridized carbons (Fsp3) is 0.333. The van der Waals surface area contributed by atoms with Crippen LogP contribution in [-0.2, 0) is 0 Å². The largest absolute Gasteiger partial charge is 0.352 e. The highest BCUT2D eigenvalue weighted by Gasteiger charge is 2.27. The second-order valence-electron chi connectivity index (χ2n) is 3.23. The molecule has 1 atom stereocenters. The van der Waals surface area contributed by atoms with E-state index in [2.05, 4.69) is 5.32 Å². The highest BCUT2D eigenvalue weighted by molar-refractivity contribution is 7.12. The van der Waals surface area contributed by atoms with E-state index in [1.165, 1.54) is 11.3 Å². The van der Waals surface area contributed by atoms with Gasteiger partial charge in [-0.1, -0.05) is 0 Å². The lowest BCUT2D eigenvalue weighted by Crippen LogP contribution is -2.35. The number of nitrogens with two attached hydrogens (primary N) is 1. The van der Waals surface area contributed by atoms with Crippen LogP contribution in [0.15, 0.2) is 11.4 Å². The number of thiophene rings is 1. The van der Waals surface area contributed by atoms with Crippen molar-refractivity contribution in [2.75, 3.05) is 0 Å². The van der Waals surface area contributed by atoms with Crippen LogP contribution in [0, 0.1) is 0 Å². The minimum atomic E-state index is -0.540. The standard InChI is InChI=1S/C9H10N2O2S/c10-9(13)11-6-1-2-7(12)8-5(6)3-4-14-8/h3-4,6H,1-2H2,(H3,10,11,13)/t6-/m1/s1. The van der Waals surface area contributed by atoms with Crippen LogP contribution < -0.4 is 11.1 Å². The normalized spacial score (nSPS) is 20.3. The fourth-order valence-electron chi connectivity index (χ4n) is 1.69. The Bertz CT molecular complexity index is 386. The molecule has 2 rings (SSSR count). The zero-order valence-corrected chi connectivity index (χ0v) is 8.26. The van der Waals surface area contributed by atoms with Crippen molar-refractivity contribution in [1.29, 1.82) is 0 Å². The number of ketones is 1. The summed E-state index contributed by atoms with van der Waals surface area (Å²) in [5, 5.41) is 4.50. The molecule has 5 heteroatoms. The zero-order chi connectivity index (χ0) is 10.1. The molecule has 1 heterocycles. The lowest BCUT2D eigenvalue weighted by Gasteiger charge is -2.21. The van der Waals surface area contributed by atoms with Gasteiger partial charge < -0.3 is 11.1 Å². The molecular formula is C9H10N2O2S. The number of nitrogens with one attached hydrogen (secondary N) is 1. The Balaban J connectivity index is 2.29. The van der Waals surface area contributed by atoms with Crippen LogP contribution in [0.3, 0.4) is 0 Å². The highest BCUT2D eigenvalue weighted by Crippen LogP contribution is 2.32. The Hall–Kier alpha value is -1.36. The van der Waals surface area contributed by atoms with Gasteiger partial charge in [-0.05, 0) is 23.4 Å². The number of hydrogen-bond donors (Lipinski definition) is 2. The fourth-order valence-corrected chi connectivity index (χ4v) is 2.62. The lowest BCUT2D eigenvalue weighted by molar-refractivity contribution is 0.0969. The van der Waals surface area contributed by atoms with Crippen molar-refractivity contribution >= 4 is 23.2 Å². The number of carbonyl (C=O) groups is 2. The van der Waals surface area contributed by atoms with Crippen molar-refractivity contribution in [3.05, 3.63) is 21.9 Å². The third-order valence-electron chi connectivity index (χ3n) is 2.30. The number of amides is 2. The average molecular weight is 210 g/mol. The number of rotatable bonds is 1. The first kappa shape index (κ1) is 9.21. The Morgan fingerprint density at radius 1 is 1.64 bits per heavy atom. The molecule has 0 saturated carbocycles. The predicted octanol–water partition coefficient (Wildman–Crippen LogP) is 1.43. The first-order chi connectivity index (χ1) is 6.68. The van der Waals surface area contributed by atoms with Crippen LogP contribution in [0.25, 0.3) is 0 Å². The Labute approximate surface area is 85.1 Å². The Morgan fingerprint density at radius 3 is 3.14 bits per heavy atom. The second-order valence-corrected chi connectivity index (χ2v) is 4.14. The smallest absolute Gasteiger partial charge is 0.312 e. The quantitative estimate of drug-likeness (QED) is 0.736. The number of Topliss-reactive ketones (excluding diaryl/α,β-unsaturated/α-hetero) is 1. The van der Waals surface area contributed by atoms with E-state index in [0.717, 1.165) is 10.4 Å². The summed E-state index contributed by atoms with van der Waals surface area (Å²) in [5.74, 6) is 0.164. The lowest BCUT2D eigenvalue weighted by atomic mass is 9.93. The number of primary amides is 1. The topological polar surface area (TPSA) is 72.2 Å². The summed E-state index contributed by atoms with van der Waals surface area (Å²) >= 11 is 1.42. The molecule has 74 valence electrons. The molecule has 0 saturated heterocycles. The molecular weight excluding hydrogens is 200 g/mol. The predicted molar refractivity (Wildman–Crippen MR) is 53.3 cm³/mol. The van der Waals surface area contributed by atoms with Crippen molar-refractivity contribution in [2.45, 2.75) is 18.9 Å². The van der Waals surface area contributed by atoms with Gasteiger partial charge in [0.25, 0.3) is 0 Å². The van der Waals surface area contributed by atoms with Gasteiger partial charge >= 0.3 is 6.03 Å². The van der Waals surface area contributed by atoms with E-state index in [1.807, 2.05) is 11.4 Å². The third kappa shape index (κ3) is 1.50. The van der Waals surface area contributed by atoms with Crippen LogP contribution in [0.5, 0.6) is 0 Å². The monoisotopic (exact) mass is 210 g/mol. The van der Waals surface area contributed by atoms with Gasteiger partial charge in [0.15, 0.2) is 5.78 Å². The molecule has 0 radical (unpaired) electrons. The van der Waals surface area contributed by atoms with E-state index in [9.17, 15) is 9.59 Å². The highest BCUT2D eigenvalue weighted by atomic mass is 32.1. The number of carbonyl (C=O) groups excluding carboxylic acids is 2. The summed E-state index contributed by atoms with van der Waals surface area (Å²) in [5.41, 5.74) is 5.96. The van der Waals surface area contributed by atoms with Gasteiger partial charge in [0, 0.05) is 6.42 Å². The molecule has 4 nitrogen and oxygen atoms in total. The maximum Gasteiger partial charge on any atom is 0.312 e. The van der Waals surface area contributed by atoms with E-state index in [1.54, 1.807) is 0 Å². The van der Waals surface area contributed by atoms with Gasteiger partial charge in [0.1, 0.15) is 0 Å². The molecule has 0 aromatic carbocycles. The molecule has 1 aliphatic carbocycles. The van der Waals surface area contributed by atoms with Crippen LogP contribution in [0.4, 0.5) is 4.79 Å². The average Bonchev–Trinajstić information content (AvgIpc) is 2.58. The van der Waals surface area contributed by atoms with Gasteiger partial charge in [-0.15, -0.1) is 11.3 Å². The SMILES string of the molecule is NC(=O)N[C@@H]1CCC(=O)c2sccc21. The summed E-state index contributed by atoms with van der Waals surface area (Å²) < 4.78 is 0. The van der Waals surface area contributed by atoms with E-state index >= 15 is 0 Å². The molecule has 1 aromatic rings. The van der Waals surface area contributed by atoms with E-state index < -0.39 is 6.03 Å². The van der Waals surface area contributed by atoms with Gasteiger partial charge in [-0.3, -0.25) is 4.79 Å². The van der Waals surface area contributed by atoms with Crippen molar-refractivity contribution in [3.63, 3.8) is 0 Å².